The predicted octanol–water partition coefficient (Wildman–Crippen LogP) is 1.35. The molecule has 1 heterocycles. The molecule has 2 aromatic rings. The van der Waals surface area contributed by atoms with Gasteiger partial charge in [0.05, 0.1) is 6.54 Å². The number of carboxylic acid groups (broad SMARTS) is 1. The fourth-order valence-electron chi connectivity index (χ4n) is 1.73. The van der Waals surface area contributed by atoms with E-state index in [0.717, 1.165) is 11.1 Å². The number of fused-ring (bicyclic) bond motifs is 1. The fraction of sp³-hybridized carbons (Fsp3) is 0.250. The zero-order valence-corrected chi connectivity index (χ0v) is 9.10. The summed E-state index contributed by atoms with van der Waals surface area (Å²) in [5.74, 6) is -0.833. The van der Waals surface area contributed by atoms with Crippen LogP contribution in [0.25, 0.3) is 10.9 Å². The zero-order valence-electron chi connectivity index (χ0n) is 9.10. The van der Waals surface area contributed by atoms with E-state index in [0.29, 0.717) is 6.54 Å². The molecule has 0 amide bonds. The maximum Gasteiger partial charge on any atom is 0.317 e. The maximum atomic E-state index is 10.3. The first-order valence-electron chi connectivity index (χ1n) is 5.13. The molecule has 2 rings (SSSR count). The number of nitrogens with zero attached hydrogens (tertiary/aromatic N) is 1. The largest absolute Gasteiger partial charge is 0.480 e. The summed E-state index contributed by atoms with van der Waals surface area (Å²) in [4.78, 5) is 10.3. The van der Waals surface area contributed by atoms with Crippen molar-refractivity contribution in [3.8, 4) is 0 Å². The van der Waals surface area contributed by atoms with Crippen molar-refractivity contribution in [2.45, 2.75) is 6.54 Å². The van der Waals surface area contributed by atoms with Gasteiger partial charge in [-0.2, -0.15) is 0 Å². The number of hydrogen-bond acceptors (Lipinski definition) is 2. The minimum Gasteiger partial charge on any atom is -0.480 e. The Morgan fingerprint density at radius 3 is 3.00 bits per heavy atom. The van der Waals surface area contributed by atoms with Crippen LogP contribution >= 0.6 is 0 Å². The highest BCUT2D eigenvalue weighted by molar-refractivity contribution is 5.80. The van der Waals surface area contributed by atoms with Gasteiger partial charge in [-0.25, -0.2) is 0 Å². The molecule has 0 aliphatic carbocycles. The highest BCUT2D eigenvalue weighted by Crippen LogP contribution is 2.16. The van der Waals surface area contributed by atoms with Crippen LogP contribution in [0.4, 0.5) is 0 Å². The van der Waals surface area contributed by atoms with Gasteiger partial charge in [0.2, 0.25) is 0 Å². The highest BCUT2D eigenvalue weighted by atomic mass is 16.4. The van der Waals surface area contributed by atoms with Crippen molar-refractivity contribution in [2.24, 2.45) is 7.05 Å². The van der Waals surface area contributed by atoms with Crippen LogP contribution in [0.1, 0.15) is 5.56 Å². The molecule has 4 heteroatoms. The Morgan fingerprint density at radius 1 is 1.44 bits per heavy atom. The van der Waals surface area contributed by atoms with Crippen molar-refractivity contribution in [3.63, 3.8) is 0 Å². The second kappa shape index (κ2) is 4.37. The van der Waals surface area contributed by atoms with Gasteiger partial charge >= 0.3 is 5.97 Å². The Labute approximate surface area is 93.5 Å². The van der Waals surface area contributed by atoms with Gasteiger partial charge in [-0.3, -0.25) is 4.79 Å². The van der Waals surface area contributed by atoms with Crippen molar-refractivity contribution in [1.29, 1.82) is 0 Å². The lowest BCUT2D eigenvalue weighted by atomic mass is 10.1. The summed E-state index contributed by atoms with van der Waals surface area (Å²) >= 11 is 0. The van der Waals surface area contributed by atoms with E-state index in [1.807, 2.05) is 25.4 Å². The summed E-state index contributed by atoms with van der Waals surface area (Å²) in [5.41, 5.74) is 2.25. The topological polar surface area (TPSA) is 54.3 Å². The van der Waals surface area contributed by atoms with Gasteiger partial charge in [0.1, 0.15) is 0 Å². The number of hydrogen-bond donors (Lipinski definition) is 2. The van der Waals surface area contributed by atoms with Crippen molar-refractivity contribution in [3.05, 3.63) is 36.0 Å². The molecular weight excluding hydrogens is 204 g/mol. The molecule has 0 saturated carbocycles. The Bertz CT molecular complexity index is 517. The van der Waals surface area contributed by atoms with E-state index in [9.17, 15) is 4.79 Å². The molecule has 0 aliphatic heterocycles. The van der Waals surface area contributed by atoms with Gasteiger partial charge in [0.25, 0.3) is 0 Å². The molecular formula is C12H14N2O2. The summed E-state index contributed by atoms with van der Waals surface area (Å²) < 4.78 is 2.05. The fourth-order valence-corrected chi connectivity index (χ4v) is 1.73. The van der Waals surface area contributed by atoms with E-state index in [1.54, 1.807) is 0 Å². The Hall–Kier alpha value is -1.81. The van der Waals surface area contributed by atoms with Gasteiger partial charge in [0.15, 0.2) is 0 Å². The summed E-state index contributed by atoms with van der Waals surface area (Å²) in [6.45, 7) is 0.568. The minimum absolute atomic E-state index is 0.00876. The van der Waals surface area contributed by atoms with E-state index in [-0.39, 0.29) is 6.54 Å². The van der Waals surface area contributed by atoms with Crippen LogP contribution in [0.15, 0.2) is 30.5 Å². The van der Waals surface area contributed by atoms with Crippen molar-refractivity contribution in [2.75, 3.05) is 6.54 Å². The molecule has 0 atom stereocenters. The van der Waals surface area contributed by atoms with Gasteiger partial charge in [-0.15, -0.1) is 0 Å². The molecule has 1 aromatic heterocycles. The molecule has 4 nitrogen and oxygen atoms in total. The molecule has 16 heavy (non-hydrogen) atoms. The Morgan fingerprint density at radius 2 is 2.25 bits per heavy atom. The molecule has 0 aliphatic rings. The van der Waals surface area contributed by atoms with Gasteiger partial charge < -0.3 is 15.0 Å². The molecule has 2 N–H and O–H groups in total. The molecule has 1 aromatic carbocycles. The first kappa shape index (κ1) is 10.7. The molecule has 0 saturated heterocycles. The maximum absolute atomic E-state index is 10.3. The lowest BCUT2D eigenvalue weighted by molar-refractivity contribution is -0.135. The highest BCUT2D eigenvalue weighted by Gasteiger charge is 2.00. The quantitative estimate of drug-likeness (QED) is 0.814. The van der Waals surface area contributed by atoms with Crippen molar-refractivity contribution < 1.29 is 9.90 Å². The summed E-state index contributed by atoms with van der Waals surface area (Å²) in [7, 11) is 2.00. The zero-order chi connectivity index (χ0) is 11.5. The van der Waals surface area contributed by atoms with E-state index < -0.39 is 5.97 Å². The van der Waals surface area contributed by atoms with Gasteiger partial charge in [-0.1, -0.05) is 12.1 Å². The minimum atomic E-state index is -0.833. The average Bonchev–Trinajstić information content (AvgIpc) is 2.60. The van der Waals surface area contributed by atoms with E-state index in [4.69, 9.17) is 5.11 Å². The van der Waals surface area contributed by atoms with E-state index in [1.165, 1.54) is 5.39 Å². The third-order valence-electron chi connectivity index (χ3n) is 2.56. The van der Waals surface area contributed by atoms with Crippen LogP contribution in [0.3, 0.4) is 0 Å². The van der Waals surface area contributed by atoms with Crippen LogP contribution in [0, 0.1) is 0 Å². The van der Waals surface area contributed by atoms with E-state index >= 15 is 0 Å². The third kappa shape index (κ3) is 2.23. The number of aromatic nitrogens is 1. The summed E-state index contributed by atoms with van der Waals surface area (Å²) in [6, 6.07) is 8.19. The standard InChI is InChI=1S/C12H14N2O2/c1-14-5-4-10-3-2-9(6-11(10)14)7-13-8-12(15)16/h2-6,13H,7-8H2,1H3,(H,15,16). The normalized spacial score (nSPS) is 10.8. The van der Waals surface area contributed by atoms with Crippen molar-refractivity contribution in [1.82, 2.24) is 9.88 Å². The molecule has 0 spiro atoms. The molecule has 0 radical (unpaired) electrons. The number of rotatable bonds is 4. The summed E-state index contributed by atoms with van der Waals surface area (Å²) in [6.07, 6.45) is 2.01. The molecule has 84 valence electrons. The number of aliphatic carboxylic acids is 1. The van der Waals surface area contributed by atoms with Crippen LogP contribution in [0.2, 0.25) is 0 Å². The Balaban J connectivity index is 2.12. The van der Waals surface area contributed by atoms with Crippen LogP contribution < -0.4 is 5.32 Å². The SMILES string of the molecule is Cn1ccc2ccc(CNCC(=O)O)cc21. The predicted molar refractivity (Wildman–Crippen MR) is 62.3 cm³/mol. The smallest absolute Gasteiger partial charge is 0.317 e. The first-order chi connectivity index (χ1) is 7.66. The van der Waals surface area contributed by atoms with E-state index in [2.05, 4.69) is 22.0 Å². The van der Waals surface area contributed by atoms with Gasteiger partial charge in [0, 0.05) is 25.3 Å². The number of benzene rings is 1. The van der Waals surface area contributed by atoms with Gasteiger partial charge in [-0.05, 0) is 23.1 Å². The Kier molecular flexibility index (Phi) is 2.92. The first-order valence-corrected chi connectivity index (χ1v) is 5.13. The number of nitrogens with one attached hydrogen (secondary N) is 1. The monoisotopic (exact) mass is 218 g/mol. The second-order valence-electron chi connectivity index (χ2n) is 3.82. The molecule has 0 unspecified atom stereocenters. The number of aryl methyl sites for hydroxylation is 1. The molecule has 0 fully saturated rings. The lowest BCUT2D eigenvalue weighted by Crippen LogP contribution is -2.21. The number of carboxylic acids is 1. The summed E-state index contributed by atoms with van der Waals surface area (Å²) in [5, 5.41) is 12.6. The van der Waals surface area contributed by atoms with Crippen LogP contribution in [-0.4, -0.2) is 22.2 Å². The van der Waals surface area contributed by atoms with Crippen LogP contribution in [-0.2, 0) is 18.4 Å². The lowest BCUT2D eigenvalue weighted by Gasteiger charge is -2.03. The second-order valence-corrected chi connectivity index (χ2v) is 3.82. The average molecular weight is 218 g/mol. The number of carbonyl (C=O) groups is 1. The van der Waals surface area contributed by atoms with Crippen LogP contribution in [0.5, 0.6) is 0 Å². The molecule has 0 bridgehead atoms. The van der Waals surface area contributed by atoms with Crippen molar-refractivity contribution >= 4 is 16.9 Å². The third-order valence-corrected chi connectivity index (χ3v) is 2.56.